The normalized spacial score (nSPS) is 16.3. The van der Waals surface area contributed by atoms with Gasteiger partial charge in [-0.1, -0.05) is 24.3 Å². The summed E-state index contributed by atoms with van der Waals surface area (Å²) in [6.07, 6.45) is -4.34. The Morgan fingerprint density at radius 2 is 1.45 bits per heavy atom. The fourth-order valence-electron chi connectivity index (χ4n) is 4.23. The van der Waals surface area contributed by atoms with Crippen LogP contribution in [0.5, 0.6) is 0 Å². The van der Waals surface area contributed by atoms with E-state index in [0.717, 1.165) is 12.1 Å². The van der Waals surface area contributed by atoms with E-state index in [1.807, 2.05) is 0 Å². The Morgan fingerprint density at radius 1 is 0.900 bits per heavy atom. The summed E-state index contributed by atoms with van der Waals surface area (Å²) in [6, 6.07) is 8.49. The smallest absolute Gasteiger partial charge is 0.381 e. The van der Waals surface area contributed by atoms with Gasteiger partial charge in [-0.05, 0) is 41.8 Å². The largest absolute Gasteiger partial charge is 0.416 e. The van der Waals surface area contributed by atoms with Gasteiger partial charge in [-0.2, -0.15) is 13.2 Å². The summed E-state index contributed by atoms with van der Waals surface area (Å²) < 4.78 is 44.3. The van der Waals surface area contributed by atoms with E-state index < -0.39 is 47.1 Å². The summed E-state index contributed by atoms with van der Waals surface area (Å²) >= 11 is 0. The van der Waals surface area contributed by atoms with Crippen LogP contribution in [0.4, 0.5) is 18.9 Å². The van der Waals surface area contributed by atoms with Crippen molar-refractivity contribution in [2.45, 2.75) is 49.5 Å². The molecule has 1 heterocycles. The molecule has 0 saturated carbocycles. The molecule has 40 heavy (non-hydrogen) atoms. The van der Waals surface area contributed by atoms with Gasteiger partial charge in [-0.15, -0.1) is 0 Å². The lowest BCUT2D eigenvalue weighted by atomic mass is 9.88. The Kier molecular flexibility index (Phi) is 9.71. The van der Waals surface area contributed by atoms with E-state index in [2.05, 4.69) is 15.6 Å². The maximum Gasteiger partial charge on any atom is 0.416 e. The number of aliphatic imine (C=N–C) groups is 1. The summed E-state index contributed by atoms with van der Waals surface area (Å²) in [4.78, 5) is 42.6. The van der Waals surface area contributed by atoms with Crippen LogP contribution in [-0.4, -0.2) is 54.5 Å². The number of nitrogens with zero attached hydrogens (tertiary/aromatic N) is 1. The zero-order valence-electron chi connectivity index (χ0n) is 21.5. The summed E-state index contributed by atoms with van der Waals surface area (Å²) in [5, 5.41) is 5.22. The van der Waals surface area contributed by atoms with Gasteiger partial charge in [0.25, 0.3) is 0 Å². The van der Waals surface area contributed by atoms with E-state index in [-0.39, 0.29) is 44.9 Å². The monoisotopic (exact) mass is 563 g/mol. The number of nitrogens with two attached hydrogens (primary N) is 4. The minimum atomic E-state index is -4.53. The van der Waals surface area contributed by atoms with Crippen LogP contribution < -0.4 is 33.6 Å². The highest BCUT2D eigenvalue weighted by molar-refractivity contribution is 5.95. The van der Waals surface area contributed by atoms with Crippen molar-refractivity contribution < 1.29 is 32.3 Å². The molecule has 0 unspecified atom stereocenters. The minimum absolute atomic E-state index is 0.102. The molecule has 2 atom stereocenters. The first-order valence-electron chi connectivity index (χ1n) is 12.4. The lowest BCUT2D eigenvalue weighted by molar-refractivity contribution is -0.137. The summed E-state index contributed by atoms with van der Waals surface area (Å²) in [5.41, 5.74) is 21.7. The van der Waals surface area contributed by atoms with E-state index in [1.54, 1.807) is 24.3 Å². The number of carbonyl (C=O) groups is 3. The Balaban J connectivity index is 1.78. The molecule has 1 fully saturated rings. The van der Waals surface area contributed by atoms with Crippen molar-refractivity contribution in [3.05, 3.63) is 65.2 Å². The average molecular weight is 564 g/mol. The Morgan fingerprint density at radius 3 is 1.98 bits per heavy atom. The number of nitrogens with one attached hydrogen (secondary N) is 2. The van der Waals surface area contributed by atoms with E-state index >= 15 is 0 Å². The summed E-state index contributed by atoms with van der Waals surface area (Å²) in [6.45, 7) is 0.373. The second-order valence-corrected chi connectivity index (χ2v) is 9.52. The first kappa shape index (κ1) is 30.4. The zero-order valence-corrected chi connectivity index (χ0v) is 21.5. The SMILES string of the molecule is NC(=O)C1(NC(=O)[C@H](Cc2ccc(C(F)(F)F)cc2)NC(=O)[C@@H](N)Cc2ccc(N=C(N)N)cc2)CCOCC1. The van der Waals surface area contributed by atoms with Gasteiger partial charge in [-0.25, -0.2) is 4.99 Å². The molecule has 10 N–H and O–H groups in total. The van der Waals surface area contributed by atoms with Crippen LogP contribution in [0.2, 0.25) is 0 Å². The van der Waals surface area contributed by atoms with Crippen LogP contribution in [0.15, 0.2) is 53.5 Å². The number of carbonyl (C=O) groups excluding carboxylic acids is 3. The van der Waals surface area contributed by atoms with Gasteiger partial charge >= 0.3 is 6.18 Å². The molecular formula is C26H32F3N7O4. The third-order valence-electron chi connectivity index (χ3n) is 6.52. The number of benzene rings is 2. The van der Waals surface area contributed by atoms with Gasteiger partial charge in [0.2, 0.25) is 17.7 Å². The highest BCUT2D eigenvalue weighted by Gasteiger charge is 2.41. The van der Waals surface area contributed by atoms with Crippen molar-refractivity contribution in [1.82, 2.24) is 10.6 Å². The number of alkyl halides is 3. The standard InChI is InChI=1S/C26H32F3N7O4/c27-26(28,29)17-5-1-16(2-6-17)14-20(22(38)36-25(23(31)39)9-11-40-12-10-25)35-21(37)19(30)13-15-3-7-18(8-4-15)34-24(32)33/h1-8,19-20H,9-14,30H2,(H2,31,39)(H,35,37)(H,36,38)(H4,32,33,34)/t19-,20-/m0/s1. The topological polar surface area (TPSA) is 201 Å². The number of hydrogen-bond donors (Lipinski definition) is 6. The van der Waals surface area contributed by atoms with Gasteiger partial charge in [-0.3, -0.25) is 14.4 Å². The van der Waals surface area contributed by atoms with Gasteiger partial charge in [0.1, 0.15) is 11.6 Å². The molecule has 3 amide bonds. The third-order valence-corrected chi connectivity index (χ3v) is 6.52. The van der Waals surface area contributed by atoms with Crippen molar-refractivity contribution in [2.75, 3.05) is 13.2 Å². The molecule has 216 valence electrons. The van der Waals surface area contributed by atoms with Crippen LogP contribution in [0.25, 0.3) is 0 Å². The number of amides is 3. The van der Waals surface area contributed by atoms with Crippen molar-refractivity contribution in [3.8, 4) is 0 Å². The molecule has 0 spiro atoms. The maximum absolute atomic E-state index is 13.4. The lowest BCUT2D eigenvalue weighted by Crippen LogP contribution is -2.64. The van der Waals surface area contributed by atoms with Crippen LogP contribution >= 0.6 is 0 Å². The first-order chi connectivity index (χ1) is 18.8. The molecule has 0 bridgehead atoms. The Labute approximate surface area is 228 Å². The molecular weight excluding hydrogens is 531 g/mol. The number of halogens is 3. The van der Waals surface area contributed by atoms with Crippen molar-refractivity contribution in [3.63, 3.8) is 0 Å². The Hall–Kier alpha value is -4.17. The number of primary amides is 1. The van der Waals surface area contributed by atoms with Crippen LogP contribution in [0.3, 0.4) is 0 Å². The zero-order chi connectivity index (χ0) is 29.5. The molecule has 11 nitrogen and oxygen atoms in total. The molecule has 1 aliphatic rings. The highest BCUT2D eigenvalue weighted by atomic mass is 19.4. The fourth-order valence-corrected chi connectivity index (χ4v) is 4.23. The maximum atomic E-state index is 13.4. The average Bonchev–Trinajstić information content (AvgIpc) is 2.89. The van der Waals surface area contributed by atoms with Gasteiger partial charge in [0, 0.05) is 32.5 Å². The number of ether oxygens (including phenoxy) is 1. The molecule has 3 rings (SSSR count). The summed E-state index contributed by atoms with van der Waals surface area (Å²) in [7, 11) is 0. The third kappa shape index (κ3) is 8.16. The van der Waals surface area contributed by atoms with Gasteiger partial charge in [0.05, 0.1) is 17.3 Å². The van der Waals surface area contributed by atoms with E-state index in [0.29, 0.717) is 16.8 Å². The quantitative estimate of drug-likeness (QED) is 0.177. The molecule has 1 saturated heterocycles. The predicted octanol–water partition coefficient (Wildman–Crippen LogP) is 0.358. The number of guanidine groups is 1. The predicted molar refractivity (Wildman–Crippen MR) is 141 cm³/mol. The molecule has 1 aliphatic heterocycles. The molecule has 0 aromatic heterocycles. The highest BCUT2D eigenvalue weighted by Crippen LogP contribution is 2.29. The second-order valence-electron chi connectivity index (χ2n) is 9.52. The van der Waals surface area contributed by atoms with E-state index in [4.69, 9.17) is 27.7 Å². The van der Waals surface area contributed by atoms with Crippen LogP contribution in [-0.2, 0) is 38.1 Å². The molecule has 14 heteroatoms. The molecule has 0 radical (unpaired) electrons. The second kappa shape index (κ2) is 12.8. The van der Waals surface area contributed by atoms with E-state index in [9.17, 15) is 27.6 Å². The molecule has 2 aromatic rings. The van der Waals surface area contributed by atoms with Crippen molar-refractivity contribution in [1.29, 1.82) is 0 Å². The first-order valence-corrected chi connectivity index (χ1v) is 12.4. The van der Waals surface area contributed by atoms with E-state index in [1.165, 1.54) is 12.1 Å². The van der Waals surface area contributed by atoms with Crippen molar-refractivity contribution in [2.24, 2.45) is 27.9 Å². The van der Waals surface area contributed by atoms with Gasteiger partial charge < -0.3 is 38.3 Å². The van der Waals surface area contributed by atoms with Crippen LogP contribution in [0, 0.1) is 0 Å². The van der Waals surface area contributed by atoms with Gasteiger partial charge in [0.15, 0.2) is 5.96 Å². The van der Waals surface area contributed by atoms with Crippen molar-refractivity contribution >= 4 is 29.4 Å². The fraction of sp³-hybridized carbons (Fsp3) is 0.385. The number of hydrogen-bond acceptors (Lipinski definition) is 6. The minimum Gasteiger partial charge on any atom is -0.381 e. The molecule has 2 aromatic carbocycles. The Bertz CT molecular complexity index is 1220. The summed E-state index contributed by atoms with van der Waals surface area (Å²) in [5.74, 6) is -2.28. The molecule has 0 aliphatic carbocycles. The lowest BCUT2D eigenvalue weighted by Gasteiger charge is -2.36. The van der Waals surface area contributed by atoms with Crippen LogP contribution in [0.1, 0.15) is 29.5 Å². The number of rotatable bonds is 10.